The molecule has 0 fully saturated rings. The number of anilines is 1. The molecule has 0 saturated heterocycles. The quantitative estimate of drug-likeness (QED) is 0.742. The van der Waals surface area contributed by atoms with E-state index in [-0.39, 0.29) is 5.91 Å². The SMILES string of the molecule is COc1cccc(CCC(=O)Nc2nc(-c3ccncc3)cs2)c1. The number of ether oxygens (including phenoxy) is 1. The lowest BCUT2D eigenvalue weighted by atomic mass is 10.1. The average molecular weight is 339 g/mol. The van der Waals surface area contributed by atoms with Crippen LogP contribution in [0.2, 0.25) is 0 Å². The molecule has 0 spiro atoms. The third-order valence-electron chi connectivity index (χ3n) is 3.50. The molecule has 122 valence electrons. The summed E-state index contributed by atoms with van der Waals surface area (Å²) in [5.74, 6) is 0.753. The molecule has 1 aromatic carbocycles. The van der Waals surface area contributed by atoms with Gasteiger partial charge in [0.15, 0.2) is 5.13 Å². The van der Waals surface area contributed by atoms with Crippen LogP contribution in [0.25, 0.3) is 11.3 Å². The molecule has 2 heterocycles. The first-order valence-electron chi connectivity index (χ1n) is 7.53. The first-order valence-corrected chi connectivity index (χ1v) is 8.41. The second-order valence-corrected chi connectivity index (χ2v) is 6.03. The number of benzene rings is 1. The van der Waals surface area contributed by atoms with Gasteiger partial charge in [-0.25, -0.2) is 4.98 Å². The van der Waals surface area contributed by atoms with Gasteiger partial charge in [0.25, 0.3) is 0 Å². The van der Waals surface area contributed by atoms with Crippen LogP contribution < -0.4 is 10.1 Å². The number of carbonyl (C=O) groups is 1. The lowest BCUT2D eigenvalue weighted by Gasteiger charge is -2.04. The Bertz CT molecular complexity index is 818. The standard InChI is InChI=1S/C18H17N3O2S/c1-23-15-4-2-3-13(11-15)5-6-17(22)21-18-20-16(12-24-18)14-7-9-19-10-8-14/h2-4,7-12H,5-6H2,1H3,(H,20,21,22). The fraction of sp³-hybridized carbons (Fsp3) is 0.167. The third-order valence-corrected chi connectivity index (χ3v) is 4.26. The van der Waals surface area contributed by atoms with Crippen molar-refractivity contribution in [2.75, 3.05) is 12.4 Å². The van der Waals surface area contributed by atoms with Gasteiger partial charge in [-0.2, -0.15) is 0 Å². The van der Waals surface area contributed by atoms with Crippen LogP contribution in [0, 0.1) is 0 Å². The number of aromatic nitrogens is 2. The highest BCUT2D eigenvalue weighted by molar-refractivity contribution is 7.14. The molecule has 3 rings (SSSR count). The molecular weight excluding hydrogens is 322 g/mol. The molecule has 0 aliphatic carbocycles. The van der Waals surface area contributed by atoms with Crippen molar-refractivity contribution in [3.8, 4) is 17.0 Å². The van der Waals surface area contributed by atoms with Crippen molar-refractivity contribution in [3.05, 3.63) is 59.7 Å². The summed E-state index contributed by atoms with van der Waals surface area (Å²) in [4.78, 5) is 20.5. The maximum atomic E-state index is 12.1. The van der Waals surface area contributed by atoms with Gasteiger partial charge in [-0.1, -0.05) is 12.1 Å². The number of nitrogens with one attached hydrogen (secondary N) is 1. The molecule has 0 atom stereocenters. The van der Waals surface area contributed by atoms with Crippen molar-refractivity contribution in [2.45, 2.75) is 12.8 Å². The van der Waals surface area contributed by atoms with E-state index in [9.17, 15) is 4.79 Å². The van der Waals surface area contributed by atoms with Crippen molar-refractivity contribution in [2.24, 2.45) is 0 Å². The second-order valence-electron chi connectivity index (χ2n) is 5.17. The van der Waals surface area contributed by atoms with E-state index in [2.05, 4.69) is 15.3 Å². The van der Waals surface area contributed by atoms with E-state index >= 15 is 0 Å². The predicted octanol–water partition coefficient (Wildman–Crippen LogP) is 3.79. The van der Waals surface area contributed by atoms with Gasteiger partial charge in [0.2, 0.25) is 5.91 Å². The summed E-state index contributed by atoms with van der Waals surface area (Å²) in [7, 11) is 1.63. The van der Waals surface area contributed by atoms with Crippen LogP contribution in [0.15, 0.2) is 54.2 Å². The van der Waals surface area contributed by atoms with Crippen molar-refractivity contribution in [3.63, 3.8) is 0 Å². The summed E-state index contributed by atoms with van der Waals surface area (Å²) < 4.78 is 5.19. The molecule has 2 aromatic heterocycles. The topological polar surface area (TPSA) is 64.1 Å². The highest BCUT2D eigenvalue weighted by Gasteiger charge is 2.08. The van der Waals surface area contributed by atoms with Gasteiger partial charge in [-0.3, -0.25) is 9.78 Å². The zero-order valence-electron chi connectivity index (χ0n) is 13.2. The van der Waals surface area contributed by atoms with Crippen LogP contribution in [0.1, 0.15) is 12.0 Å². The monoisotopic (exact) mass is 339 g/mol. The van der Waals surface area contributed by atoms with Crippen molar-refractivity contribution in [1.29, 1.82) is 0 Å². The number of methoxy groups -OCH3 is 1. The third kappa shape index (κ3) is 4.17. The van der Waals surface area contributed by atoms with E-state index in [0.29, 0.717) is 18.0 Å². The van der Waals surface area contributed by atoms with E-state index in [0.717, 1.165) is 22.6 Å². The molecule has 1 N–H and O–H groups in total. The van der Waals surface area contributed by atoms with Gasteiger partial charge >= 0.3 is 0 Å². The minimum Gasteiger partial charge on any atom is -0.497 e. The minimum absolute atomic E-state index is 0.0477. The Morgan fingerprint density at radius 2 is 2.08 bits per heavy atom. The highest BCUT2D eigenvalue weighted by Crippen LogP contribution is 2.24. The Morgan fingerprint density at radius 1 is 1.25 bits per heavy atom. The largest absolute Gasteiger partial charge is 0.497 e. The summed E-state index contributed by atoms with van der Waals surface area (Å²) in [5.41, 5.74) is 2.89. The number of carbonyl (C=O) groups excluding carboxylic acids is 1. The summed E-state index contributed by atoms with van der Waals surface area (Å²) in [6.45, 7) is 0. The fourth-order valence-electron chi connectivity index (χ4n) is 2.25. The Kier molecular flexibility index (Phi) is 5.18. The second kappa shape index (κ2) is 7.70. The lowest BCUT2D eigenvalue weighted by Crippen LogP contribution is -2.12. The van der Waals surface area contributed by atoms with Gasteiger partial charge in [-0.05, 0) is 36.2 Å². The van der Waals surface area contributed by atoms with Crippen LogP contribution in [0.4, 0.5) is 5.13 Å². The van der Waals surface area contributed by atoms with E-state index in [1.807, 2.05) is 41.8 Å². The smallest absolute Gasteiger partial charge is 0.226 e. The first kappa shape index (κ1) is 16.1. The number of thiazole rings is 1. The number of nitrogens with zero attached hydrogens (tertiary/aromatic N) is 2. The average Bonchev–Trinajstić information content (AvgIpc) is 3.09. The lowest BCUT2D eigenvalue weighted by molar-refractivity contribution is -0.116. The van der Waals surface area contributed by atoms with E-state index in [1.165, 1.54) is 11.3 Å². The number of hydrogen-bond donors (Lipinski definition) is 1. The first-order chi connectivity index (χ1) is 11.7. The number of hydrogen-bond acceptors (Lipinski definition) is 5. The molecule has 5 nitrogen and oxygen atoms in total. The Hall–Kier alpha value is -2.73. The summed E-state index contributed by atoms with van der Waals surface area (Å²) in [6.07, 6.45) is 4.51. The number of aryl methyl sites for hydroxylation is 1. The van der Waals surface area contributed by atoms with Crippen LogP contribution in [-0.2, 0) is 11.2 Å². The van der Waals surface area contributed by atoms with Crippen molar-refractivity contribution >= 4 is 22.4 Å². The Labute approximate surface area is 144 Å². The maximum absolute atomic E-state index is 12.1. The molecule has 3 aromatic rings. The molecule has 0 saturated carbocycles. The van der Waals surface area contributed by atoms with E-state index in [1.54, 1.807) is 19.5 Å². The molecule has 6 heteroatoms. The predicted molar refractivity (Wildman–Crippen MR) is 95.3 cm³/mol. The zero-order chi connectivity index (χ0) is 16.8. The van der Waals surface area contributed by atoms with E-state index in [4.69, 9.17) is 4.74 Å². The zero-order valence-corrected chi connectivity index (χ0v) is 14.0. The van der Waals surface area contributed by atoms with E-state index < -0.39 is 0 Å². The van der Waals surface area contributed by atoms with Gasteiger partial charge in [0.05, 0.1) is 12.8 Å². The minimum atomic E-state index is -0.0477. The van der Waals surface area contributed by atoms with Crippen LogP contribution >= 0.6 is 11.3 Å². The van der Waals surface area contributed by atoms with Crippen molar-refractivity contribution in [1.82, 2.24) is 9.97 Å². The Balaban J connectivity index is 1.56. The molecule has 0 bridgehead atoms. The summed E-state index contributed by atoms with van der Waals surface area (Å²) in [5, 5.41) is 5.38. The van der Waals surface area contributed by atoms with Gasteiger partial charge < -0.3 is 10.1 Å². The number of amides is 1. The van der Waals surface area contributed by atoms with Gasteiger partial charge in [-0.15, -0.1) is 11.3 Å². The molecular formula is C18H17N3O2S. The maximum Gasteiger partial charge on any atom is 0.226 e. The fourth-order valence-corrected chi connectivity index (χ4v) is 2.99. The summed E-state index contributed by atoms with van der Waals surface area (Å²) in [6, 6.07) is 11.5. The van der Waals surface area contributed by atoms with Gasteiger partial charge in [0, 0.05) is 29.8 Å². The van der Waals surface area contributed by atoms with Gasteiger partial charge in [0.1, 0.15) is 5.75 Å². The molecule has 1 amide bonds. The van der Waals surface area contributed by atoms with Crippen LogP contribution in [0.3, 0.4) is 0 Å². The number of pyridine rings is 1. The number of rotatable bonds is 6. The molecule has 0 radical (unpaired) electrons. The highest BCUT2D eigenvalue weighted by atomic mass is 32.1. The molecule has 0 unspecified atom stereocenters. The summed E-state index contributed by atoms with van der Waals surface area (Å²) >= 11 is 1.42. The molecule has 0 aliphatic heterocycles. The molecule has 0 aliphatic rings. The normalized spacial score (nSPS) is 10.4. The van der Waals surface area contributed by atoms with Crippen LogP contribution in [0.5, 0.6) is 5.75 Å². The Morgan fingerprint density at radius 3 is 2.88 bits per heavy atom. The molecule has 24 heavy (non-hydrogen) atoms. The van der Waals surface area contributed by atoms with Crippen molar-refractivity contribution < 1.29 is 9.53 Å². The van der Waals surface area contributed by atoms with Crippen LogP contribution in [-0.4, -0.2) is 23.0 Å².